The molecule has 3 nitrogen and oxygen atoms in total. The first kappa shape index (κ1) is 11.5. The van der Waals surface area contributed by atoms with Crippen molar-refractivity contribution in [1.82, 2.24) is 10.6 Å². The van der Waals surface area contributed by atoms with Gasteiger partial charge in [0, 0.05) is 15.8 Å². The Morgan fingerprint density at radius 1 is 1.50 bits per heavy atom. The van der Waals surface area contributed by atoms with E-state index in [1.165, 1.54) is 15.3 Å². The van der Waals surface area contributed by atoms with E-state index in [1.54, 1.807) is 11.3 Å². The van der Waals surface area contributed by atoms with Gasteiger partial charge in [-0.3, -0.25) is 0 Å². The van der Waals surface area contributed by atoms with Gasteiger partial charge in [-0.1, -0.05) is 0 Å². The molecular formula is C12H18N2OS. The summed E-state index contributed by atoms with van der Waals surface area (Å²) in [4.78, 5) is 14.2. The molecular weight excluding hydrogens is 220 g/mol. The van der Waals surface area contributed by atoms with Crippen molar-refractivity contribution in [1.29, 1.82) is 0 Å². The third-order valence-corrected chi connectivity index (χ3v) is 3.79. The Labute approximate surface area is 100 Å². The van der Waals surface area contributed by atoms with E-state index in [2.05, 4.69) is 30.5 Å². The number of thiophene rings is 1. The summed E-state index contributed by atoms with van der Waals surface area (Å²) in [5.74, 6) is 0. The summed E-state index contributed by atoms with van der Waals surface area (Å²) in [6, 6.07) is 2.61. The number of carbonyl (C=O) groups is 1. The minimum absolute atomic E-state index is 0.0433. The maximum atomic E-state index is 11.6. The lowest BCUT2D eigenvalue weighted by molar-refractivity contribution is 0.237. The predicted molar refractivity (Wildman–Crippen MR) is 66.9 cm³/mol. The minimum Gasteiger partial charge on any atom is -0.335 e. The average molecular weight is 238 g/mol. The van der Waals surface area contributed by atoms with Crippen LogP contribution in [0.1, 0.15) is 41.1 Å². The summed E-state index contributed by atoms with van der Waals surface area (Å²) in [7, 11) is 0. The van der Waals surface area contributed by atoms with Gasteiger partial charge in [0.25, 0.3) is 0 Å². The molecule has 1 fully saturated rings. The molecule has 0 unspecified atom stereocenters. The number of rotatable bonds is 3. The van der Waals surface area contributed by atoms with Crippen LogP contribution in [0, 0.1) is 13.8 Å². The van der Waals surface area contributed by atoms with Gasteiger partial charge in [-0.05, 0) is 45.2 Å². The summed E-state index contributed by atoms with van der Waals surface area (Å²) < 4.78 is 0. The molecule has 1 saturated carbocycles. The Morgan fingerprint density at radius 2 is 2.19 bits per heavy atom. The second-order valence-electron chi connectivity index (χ2n) is 4.48. The number of aryl methyl sites for hydroxylation is 2. The van der Waals surface area contributed by atoms with Crippen molar-refractivity contribution in [2.24, 2.45) is 0 Å². The molecule has 1 aliphatic rings. The van der Waals surface area contributed by atoms with Crippen LogP contribution < -0.4 is 10.6 Å². The second-order valence-corrected chi connectivity index (χ2v) is 5.94. The molecule has 2 rings (SSSR count). The summed E-state index contributed by atoms with van der Waals surface area (Å²) in [6.07, 6.45) is 2.25. The topological polar surface area (TPSA) is 41.1 Å². The fourth-order valence-corrected chi connectivity index (χ4v) is 2.83. The zero-order valence-electron chi connectivity index (χ0n) is 9.96. The Balaban J connectivity index is 1.93. The van der Waals surface area contributed by atoms with Crippen LogP contribution in [0.15, 0.2) is 6.07 Å². The van der Waals surface area contributed by atoms with E-state index in [4.69, 9.17) is 0 Å². The third-order valence-electron chi connectivity index (χ3n) is 2.81. The molecule has 2 amide bonds. The van der Waals surface area contributed by atoms with Crippen molar-refractivity contribution in [3.8, 4) is 0 Å². The quantitative estimate of drug-likeness (QED) is 0.835. The molecule has 0 spiro atoms. The molecule has 0 bridgehead atoms. The largest absolute Gasteiger partial charge is 0.335 e. The molecule has 1 aliphatic carbocycles. The van der Waals surface area contributed by atoms with Crippen molar-refractivity contribution in [3.05, 3.63) is 21.4 Å². The van der Waals surface area contributed by atoms with Crippen molar-refractivity contribution in [3.63, 3.8) is 0 Å². The number of amides is 2. The lowest BCUT2D eigenvalue weighted by Gasteiger charge is -2.14. The standard InChI is InChI=1S/C12H18N2OS/c1-7-6-11(9(3)16-7)8(2)13-12(15)14-10-4-5-10/h6,8,10H,4-5H2,1-3H3,(H2,13,14,15)/t8-/m1/s1. The molecule has 1 atom stereocenters. The SMILES string of the molecule is Cc1cc([C@@H](C)NC(=O)NC2CC2)c(C)s1. The van der Waals surface area contributed by atoms with Gasteiger partial charge in [-0.25, -0.2) is 4.79 Å². The first-order valence-electron chi connectivity index (χ1n) is 5.70. The monoisotopic (exact) mass is 238 g/mol. The number of hydrogen-bond acceptors (Lipinski definition) is 2. The Hall–Kier alpha value is -1.03. The highest BCUT2D eigenvalue weighted by Gasteiger charge is 2.24. The van der Waals surface area contributed by atoms with E-state index in [0.717, 1.165) is 12.8 Å². The van der Waals surface area contributed by atoms with Crippen LogP contribution in [-0.2, 0) is 0 Å². The molecule has 16 heavy (non-hydrogen) atoms. The maximum absolute atomic E-state index is 11.6. The molecule has 0 aliphatic heterocycles. The van der Waals surface area contributed by atoms with Gasteiger partial charge in [0.2, 0.25) is 0 Å². The van der Waals surface area contributed by atoms with Gasteiger partial charge < -0.3 is 10.6 Å². The van der Waals surface area contributed by atoms with E-state index < -0.39 is 0 Å². The highest BCUT2D eigenvalue weighted by molar-refractivity contribution is 7.12. The van der Waals surface area contributed by atoms with Crippen molar-refractivity contribution in [2.45, 2.75) is 45.7 Å². The van der Waals surface area contributed by atoms with Gasteiger partial charge in [0.15, 0.2) is 0 Å². The maximum Gasteiger partial charge on any atom is 0.315 e. The minimum atomic E-state index is -0.0433. The summed E-state index contributed by atoms with van der Waals surface area (Å²) in [6.45, 7) is 6.23. The first-order chi connectivity index (χ1) is 7.56. The van der Waals surface area contributed by atoms with Gasteiger partial charge in [-0.2, -0.15) is 0 Å². The third kappa shape index (κ3) is 2.76. The van der Waals surface area contributed by atoms with Crippen LogP contribution in [0.2, 0.25) is 0 Å². The highest BCUT2D eigenvalue weighted by atomic mass is 32.1. The number of hydrogen-bond donors (Lipinski definition) is 2. The first-order valence-corrected chi connectivity index (χ1v) is 6.52. The molecule has 1 aromatic rings. The van der Waals surface area contributed by atoms with Crippen LogP contribution in [0.4, 0.5) is 4.79 Å². The molecule has 88 valence electrons. The zero-order chi connectivity index (χ0) is 11.7. The van der Waals surface area contributed by atoms with Gasteiger partial charge in [0.1, 0.15) is 0 Å². The molecule has 4 heteroatoms. The Kier molecular flexibility index (Phi) is 3.19. The zero-order valence-corrected chi connectivity index (χ0v) is 10.8. The Bertz CT molecular complexity index is 396. The summed E-state index contributed by atoms with van der Waals surface area (Å²) in [5.41, 5.74) is 1.23. The number of carbonyl (C=O) groups excluding carboxylic acids is 1. The number of nitrogens with one attached hydrogen (secondary N) is 2. The van der Waals surface area contributed by atoms with Crippen LogP contribution in [0.25, 0.3) is 0 Å². The molecule has 1 heterocycles. The van der Waals surface area contributed by atoms with Crippen molar-refractivity contribution >= 4 is 17.4 Å². The highest BCUT2D eigenvalue weighted by Crippen LogP contribution is 2.26. The summed E-state index contributed by atoms with van der Waals surface area (Å²) in [5, 5.41) is 5.91. The second kappa shape index (κ2) is 4.45. The van der Waals surface area contributed by atoms with Gasteiger partial charge in [-0.15, -0.1) is 11.3 Å². The molecule has 2 N–H and O–H groups in total. The van der Waals surface area contributed by atoms with Crippen LogP contribution >= 0.6 is 11.3 Å². The Morgan fingerprint density at radius 3 is 2.69 bits per heavy atom. The summed E-state index contributed by atoms with van der Waals surface area (Å²) >= 11 is 1.78. The van der Waals surface area contributed by atoms with Crippen LogP contribution in [0.3, 0.4) is 0 Å². The van der Waals surface area contributed by atoms with Crippen LogP contribution in [0.5, 0.6) is 0 Å². The van der Waals surface area contributed by atoms with E-state index in [9.17, 15) is 4.79 Å². The normalized spacial score (nSPS) is 16.9. The lowest BCUT2D eigenvalue weighted by atomic mass is 10.1. The fourth-order valence-electron chi connectivity index (χ4n) is 1.81. The fraction of sp³-hybridized carbons (Fsp3) is 0.583. The van der Waals surface area contributed by atoms with E-state index >= 15 is 0 Å². The average Bonchev–Trinajstić information content (AvgIpc) is 2.90. The van der Waals surface area contributed by atoms with Crippen molar-refractivity contribution < 1.29 is 4.79 Å². The number of urea groups is 1. The van der Waals surface area contributed by atoms with E-state index in [1.807, 2.05) is 6.92 Å². The van der Waals surface area contributed by atoms with E-state index in [-0.39, 0.29) is 12.1 Å². The van der Waals surface area contributed by atoms with E-state index in [0.29, 0.717) is 6.04 Å². The smallest absolute Gasteiger partial charge is 0.315 e. The lowest BCUT2D eigenvalue weighted by Crippen LogP contribution is -2.38. The molecule has 0 saturated heterocycles. The molecule has 0 aromatic carbocycles. The predicted octanol–water partition coefficient (Wildman–Crippen LogP) is 2.89. The van der Waals surface area contributed by atoms with Gasteiger partial charge in [0.05, 0.1) is 6.04 Å². The molecule has 0 radical (unpaired) electrons. The van der Waals surface area contributed by atoms with Crippen molar-refractivity contribution in [2.75, 3.05) is 0 Å². The molecule has 1 aromatic heterocycles. The van der Waals surface area contributed by atoms with Gasteiger partial charge >= 0.3 is 6.03 Å². The van der Waals surface area contributed by atoms with Crippen LogP contribution in [-0.4, -0.2) is 12.1 Å².